The number of nitrogens with zero attached hydrogens (tertiary/aromatic N) is 3. The van der Waals surface area contributed by atoms with Gasteiger partial charge < -0.3 is 59.5 Å². The van der Waals surface area contributed by atoms with Gasteiger partial charge in [-0.25, -0.2) is 0 Å². The zero-order valence-corrected chi connectivity index (χ0v) is 37.2. The number of methoxy groups -OCH3 is 1. The van der Waals surface area contributed by atoms with Gasteiger partial charge in [-0.05, 0) is 27.0 Å². The molecule has 340 valence electrons. The van der Waals surface area contributed by atoms with E-state index in [9.17, 15) is 39.9 Å². The quantitative estimate of drug-likeness (QED) is 0.0568. The van der Waals surface area contributed by atoms with Gasteiger partial charge >= 0.3 is 11.8 Å². The summed E-state index contributed by atoms with van der Waals surface area (Å²) in [5.41, 5.74) is -0.582. The number of likely N-dealkylation sites (N-methyl/N-ethyl adjacent to an activating group) is 1. The first-order valence-electron chi connectivity index (χ1n) is 20.9. The minimum atomic E-state index is -2.06. The number of phenols is 3. The largest absolute Gasteiger partial charge is 0.507 e. The highest BCUT2D eigenvalue weighted by Gasteiger charge is 2.50. The maximum absolute atomic E-state index is 14.4. The lowest BCUT2D eigenvalue weighted by atomic mass is 9.78. The van der Waals surface area contributed by atoms with Gasteiger partial charge in [0.2, 0.25) is 0 Å². The Bertz CT molecular complexity index is 2130. The molecule has 4 aliphatic heterocycles. The number of fused-ring (bicyclic) bond motifs is 14. The lowest BCUT2D eigenvalue weighted by Gasteiger charge is -2.38. The molecule has 2 aromatic rings. The first kappa shape index (κ1) is 47.8. The molecule has 4 heterocycles. The Morgan fingerprint density at radius 2 is 1.65 bits per heavy atom. The van der Waals surface area contributed by atoms with Gasteiger partial charge in [-0.2, -0.15) is 0 Å². The van der Waals surface area contributed by atoms with Crippen LogP contribution < -0.4 is 10.1 Å². The summed E-state index contributed by atoms with van der Waals surface area (Å²) < 4.78 is 23.6. The van der Waals surface area contributed by atoms with E-state index in [2.05, 4.69) is 27.3 Å². The number of ketones is 1. The normalized spacial score (nSPS) is 30.8. The number of aliphatic hydroxyl groups is 2. The number of aromatic hydroxyl groups is 3. The maximum atomic E-state index is 14.4. The Balaban J connectivity index is 1.64. The molecule has 2 aromatic carbocycles. The smallest absolute Gasteiger partial charge is 0.312 e. The van der Waals surface area contributed by atoms with E-state index >= 15 is 0 Å². The number of anilines is 1. The van der Waals surface area contributed by atoms with Gasteiger partial charge in [0.25, 0.3) is 11.7 Å². The average Bonchev–Trinajstić information content (AvgIpc) is 3.50. The molecule has 5 bridgehead atoms. The molecule has 6 rings (SSSR count). The maximum Gasteiger partial charge on any atom is 0.312 e. The van der Waals surface area contributed by atoms with Gasteiger partial charge in [-0.3, -0.25) is 19.3 Å². The summed E-state index contributed by atoms with van der Waals surface area (Å²) in [5, 5.41) is 64.5. The molecule has 6 N–H and O–H groups in total. The highest BCUT2D eigenvalue weighted by molar-refractivity contribution is 6.23. The van der Waals surface area contributed by atoms with E-state index in [0.717, 1.165) is 32.4 Å². The number of nitrogens with one attached hydrogen (secondary N) is 1. The summed E-state index contributed by atoms with van der Waals surface area (Å²) >= 11 is 0. The molecule has 0 aromatic heterocycles. The minimum absolute atomic E-state index is 0.0372. The number of allylic oxidation sites excluding steroid dienone is 2. The van der Waals surface area contributed by atoms with Crippen LogP contribution in [0.3, 0.4) is 0 Å². The minimum Gasteiger partial charge on any atom is -0.507 e. The summed E-state index contributed by atoms with van der Waals surface area (Å²) in [7, 11) is 3.49. The molecule has 0 saturated carbocycles. The lowest BCUT2D eigenvalue weighted by Crippen LogP contribution is -2.46. The number of aliphatic hydroxyl groups excluding tert-OH is 2. The number of hydrogen-bond acceptors (Lipinski definition) is 16. The third-order valence-electron chi connectivity index (χ3n) is 12.4. The molecule has 1 amide bonds. The van der Waals surface area contributed by atoms with Crippen LogP contribution in [0.15, 0.2) is 41.3 Å². The van der Waals surface area contributed by atoms with Crippen molar-refractivity contribution in [3.05, 3.63) is 52.8 Å². The van der Waals surface area contributed by atoms with E-state index in [0.29, 0.717) is 6.54 Å². The predicted molar refractivity (Wildman–Crippen MR) is 231 cm³/mol. The number of esters is 1. The molecular formula is C45H62N4O13. The van der Waals surface area contributed by atoms with E-state index in [-0.39, 0.29) is 51.1 Å². The number of amides is 1. The van der Waals surface area contributed by atoms with E-state index in [1.807, 2.05) is 0 Å². The van der Waals surface area contributed by atoms with Crippen molar-refractivity contribution in [2.75, 3.05) is 58.8 Å². The zero-order valence-electron chi connectivity index (χ0n) is 37.2. The molecule has 0 aliphatic carbocycles. The Morgan fingerprint density at radius 1 is 0.968 bits per heavy atom. The molecule has 17 heteroatoms. The average molecular weight is 867 g/mol. The summed E-state index contributed by atoms with van der Waals surface area (Å²) in [6.45, 7) is 16.8. The fourth-order valence-electron chi connectivity index (χ4n) is 8.26. The number of Topliss-reactive ketones (excluding diaryl/α,β-unsaturated/α-hetero) is 1. The number of phenolic OH excluding ortho intramolecular Hbond substituents is 3. The molecule has 0 radical (unpaired) electrons. The lowest BCUT2D eigenvalue weighted by molar-refractivity contribution is -0.160. The molecule has 4 aliphatic rings. The number of rotatable bonds is 7. The van der Waals surface area contributed by atoms with Crippen molar-refractivity contribution in [1.29, 1.82) is 0 Å². The number of piperazine rings is 1. The van der Waals surface area contributed by atoms with Crippen molar-refractivity contribution in [3.8, 4) is 23.0 Å². The Morgan fingerprint density at radius 3 is 2.29 bits per heavy atom. The fraction of sp³-hybridized carbons (Fsp3) is 0.556. The molecule has 1 saturated heterocycles. The Kier molecular flexibility index (Phi) is 15.3. The van der Waals surface area contributed by atoms with Crippen LogP contribution in [0.5, 0.6) is 23.0 Å². The second-order valence-corrected chi connectivity index (χ2v) is 16.8. The van der Waals surface area contributed by atoms with Crippen LogP contribution in [0.4, 0.5) is 5.69 Å². The van der Waals surface area contributed by atoms with Crippen LogP contribution in [0.1, 0.15) is 70.0 Å². The standard InChI is InChI=1S/C45H62N4O13/c1-23-12-11-13-24(2)44(57)47-35-30(22-46-60-21-19-49-17-15-48(9)16-18-49)39(54)32-33(40(35)55)38(53)28(6)42-34(32)43(56)45(8,62-42)59-20-14-31(58-10)25(3)41(61-29(7)50)27(5)37(52)26(4)36(23)51/h11-14,20,22-23,25-27,31,36-37,41,51-55H,15-19,21H2,1-10H3,(H,47,57)/b12-11-,20-14?,24-13-,46-22+/t23-,25+,26+,27+,31-,36-,37+,41+,45-/m0/s1. The van der Waals surface area contributed by atoms with Crippen molar-refractivity contribution in [3.63, 3.8) is 0 Å². The number of carbonyl (C=O) groups is 3. The monoisotopic (exact) mass is 866 g/mol. The molecule has 9 atom stereocenters. The topological polar surface area (TPSA) is 229 Å². The van der Waals surface area contributed by atoms with E-state index in [1.54, 1.807) is 39.8 Å². The number of benzene rings is 2. The van der Waals surface area contributed by atoms with Crippen molar-refractivity contribution < 1.29 is 63.7 Å². The SMILES string of the molecule is CO[C@H]1C=CO[C@@]2(C)Oc3c(C)c(O)c4c(O)c(c(/C=N/OCCN5CCN(C)CC5)c(O)c4c3C2=O)NC(=O)/C(C)=C\C=C/[C@H](C)[C@H](O)[C@@H](C)[C@@H](O)[C@@H](C)[C@H](OC(C)=O)[C@@H]1C. The van der Waals surface area contributed by atoms with Crippen LogP contribution in [0, 0.1) is 30.6 Å². The third kappa shape index (κ3) is 9.87. The van der Waals surface area contributed by atoms with Crippen LogP contribution in [-0.4, -0.2) is 143 Å². The van der Waals surface area contributed by atoms with Crippen molar-refractivity contribution >= 4 is 40.3 Å². The zero-order chi connectivity index (χ0) is 45.8. The van der Waals surface area contributed by atoms with Crippen molar-refractivity contribution in [1.82, 2.24) is 9.80 Å². The summed E-state index contributed by atoms with van der Waals surface area (Å²) in [6, 6.07) is 0. The van der Waals surface area contributed by atoms with E-state index in [4.69, 9.17) is 23.8 Å². The third-order valence-corrected chi connectivity index (χ3v) is 12.4. The van der Waals surface area contributed by atoms with Crippen molar-refractivity contribution in [2.24, 2.45) is 28.8 Å². The number of ether oxygens (including phenoxy) is 4. The van der Waals surface area contributed by atoms with Crippen LogP contribution in [-0.2, 0) is 28.6 Å². The number of oxime groups is 1. The summed E-state index contributed by atoms with van der Waals surface area (Å²) in [6.07, 6.45) is 4.58. The summed E-state index contributed by atoms with van der Waals surface area (Å²) in [4.78, 5) is 50.6. The molecule has 62 heavy (non-hydrogen) atoms. The van der Waals surface area contributed by atoms with Gasteiger partial charge in [-0.1, -0.05) is 51.1 Å². The first-order chi connectivity index (χ1) is 29.2. The molecule has 1 fully saturated rings. The first-order valence-corrected chi connectivity index (χ1v) is 20.9. The molecule has 17 nitrogen and oxygen atoms in total. The molecule has 0 unspecified atom stereocenters. The van der Waals surface area contributed by atoms with Crippen LogP contribution in [0.25, 0.3) is 10.8 Å². The Labute approximate surface area is 362 Å². The highest BCUT2D eigenvalue weighted by atomic mass is 16.7. The van der Waals surface area contributed by atoms with E-state index in [1.165, 1.54) is 53.2 Å². The predicted octanol–water partition coefficient (Wildman–Crippen LogP) is 4.35. The van der Waals surface area contributed by atoms with Gasteiger partial charge in [0.15, 0.2) is 5.75 Å². The van der Waals surface area contributed by atoms with E-state index < -0.39 is 88.8 Å². The van der Waals surface area contributed by atoms with Gasteiger partial charge in [-0.15, -0.1) is 0 Å². The van der Waals surface area contributed by atoms with Gasteiger partial charge in [0.1, 0.15) is 30.0 Å². The molecule has 0 spiro atoms. The highest BCUT2D eigenvalue weighted by Crippen LogP contribution is 2.55. The van der Waals surface area contributed by atoms with Crippen LogP contribution >= 0.6 is 0 Å². The second kappa shape index (κ2) is 19.9. The fourth-order valence-corrected chi connectivity index (χ4v) is 8.26. The number of carbonyl (C=O) groups excluding carboxylic acids is 3. The second-order valence-electron chi connectivity index (χ2n) is 16.8. The molecular weight excluding hydrogens is 805 g/mol. The van der Waals surface area contributed by atoms with Gasteiger partial charge in [0.05, 0.1) is 53.0 Å². The Hall–Kier alpha value is -5.20. The van der Waals surface area contributed by atoms with Crippen molar-refractivity contribution in [2.45, 2.75) is 85.6 Å². The van der Waals surface area contributed by atoms with Crippen LogP contribution in [0.2, 0.25) is 0 Å². The van der Waals surface area contributed by atoms with Gasteiger partial charge in [0, 0.05) is 93.9 Å². The summed E-state index contributed by atoms with van der Waals surface area (Å²) in [5.74, 6) is -8.61. The number of hydrogen-bond donors (Lipinski definition) is 6.